The van der Waals surface area contributed by atoms with Gasteiger partial charge < -0.3 is 10.0 Å². The Morgan fingerprint density at radius 3 is 2.47 bits per heavy atom. The van der Waals surface area contributed by atoms with E-state index in [4.69, 9.17) is 0 Å². The number of phenols is 1. The number of benzene rings is 4. The van der Waals surface area contributed by atoms with Crippen molar-refractivity contribution in [1.82, 2.24) is 0 Å². The minimum absolute atomic E-state index is 0.00530. The molecule has 150 valence electrons. The first-order valence-electron chi connectivity index (χ1n) is 10.7. The molecular formula is C28H27NO. The molecule has 4 aromatic carbocycles. The van der Waals surface area contributed by atoms with Gasteiger partial charge in [0, 0.05) is 17.6 Å². The molecule has 30 heavy (non-hydrogen) atoms. The molecule has 0 radical (unpaired) electrons. The lowest BCUT2D eigenvalue weighted by Crippen LogP contribution is -2.39. The molecule has 0 aromatic heterocycles. The van der Waals surface area contributed by atoms with Crippen LogP contribution in [0.5, 0.6) is 5.75 Å². The average Bonchev–Trinajstić information content (AvgIpc) is 2.98. The molecule has 1 N–H and O–H groups in total. The third kappa shape index (κ3) is 2.87. The fourth-order valence-corrected chi connectivity index (χ4v) is 5.13. The summed E-state index contributed by atoms with van der Waals surface area (Å²) < 4.78 is 0. The van der Waals surface area contributed by atoms with Gasteiger partial charge in [-0.15, -0.1) is 0 Å². The lowest BCUT2D eigenvalue weighted by molar-refractivity contribution is 0.476. The van der Waals surface area contributed by atoms with Gasteiger partial charge in [0.25, 0.3) is 0 Å². The minimum Gasteiger partial charge on any atom is -0.508 e. The molecule has 4 aromatic rings. The molecular weight excluding hydrogens is 366 g/mol. The summed E-state index contributed by atoms with van der Waals surface area (Å²) in [6.07, 6.45) is 4.61. The van der Waals surface area contributed by atoms with Crippen LogP contribution in [-0.4, -0.2) is 17.7 Å². The summed E-state index contributed by atoms with van der Waals surface area (Å²) in [6, 6.07) is 25.5. The Morgan fingerprint density at radius 2 is 1.63 bits per heavy atom. The zero-order chi connectivity index (χ0) is 20.9. The number of likely N-dealkylation sites (N-methyl/N-ethyl adjacent to an activating group) is 1. The highest BCUT2D eigenvalue weighted by atomic mass is 16.3. The molecule has 0 amide bonds. The molecule has 1 aliphatic heterocycles. The van der Waals surface area contributed by atoms with Crippen molar-refractivity contribution >= 4 is 33.3 Å². The summed E-state index contributed by atoms with van der Waals surface area (Å²) >= 11 is 0. The third-order valence-corrected chi connectivity index (χ3v) is 6.60. The highest BCUT2D eigenvalue weighted by Gasteiger charge is 2.43. The second-order valence-electron chi connectivity index (χ2n) is 8.78. The number of rotatable bonds is 3. The topological polar surface area (TPSA) is 23.5 Å². The Balaban J connectivity index is 1.57. The fraction of sp³-hybridized carbons (Fsp3) is 0.214. The monoisotopic (exact) mass is 393 g/mol. The number of fused-ring (bicyclic) bond motifs is 4. The van der Waals surface area contributed by atoms with Gasteiger partial charge in [-0.05, 0) is 63.9 Å². The Hall–Kier alpha value is -3.26. The van der Waals surface area contributed by atoms with Gasteiger partial charge in [0.15, 0.2) is 0 Å². The molecule has 0 spiro atoms. The van der Waals surface area contributed by atoms with Crippen molar-refractivity contribution in [2.75, 3.05) is 11.4 Å². The van der Waals surface area contributed by atoms with E-state index in [1.807, 2.05) is 12.1 Å². The summed E-state index contributed by atoms with van der Waals surface area (Å²) in [4.78, 5) is 2.53. The van der Waals surface area contributed by atoms with Crippen LogP contribution >= 0.6 is 0 Å². The first-order valence-corrected chi connectivity index (χ1v) is 10.7. The van der Waals surface area contributed by atoms with Crippen LogP contribution in [0.1, 0.15) is 31.9 Å². The molecule has 0 bridgehead atoms. The predicted octanol–water partition coefficient (Wildman–Crippen LogP) is 6.90. The molecule has 1 heterocycles. The fourth-order valence-electron chi connectivity index (χ4n) is 5.13. The van der Waals surface area contributed by atoms with Crippen molar-refractivity contribution in [3.8, 4) is 5.75 Å². The highest BCUT2D eigenvalue weighted by Crippen LogP contribution is 2.48. The summed E-state index contributed by atoms with van der Waals surface area (Å²) in [6.45, 7) is 7.95. The molecule has 5 rings (SSSR count). The summed E-state index contributed by atoms with van der Waals surface area (Å²) in [5.74, 6) is 0.307. The molecule has 0 fully saturated rings. The maximum Gasteiger partial charge on any atom is 0.116 e. The Bertz CT molecular complexity index is 1280. The number of phenolic OH excluding ortho intramolecular Hbond substituents is 1. The molecule has 1 aliphatic rings. The molecule has 2 nitrogen and oxygen atoms in total. The van der Waals surface area contributed by atoms with Crippen LogP contribution in [0.4, 0.5) is 5.69 Å². The third-order valence-electron chi connectivity index (χ3n) is 6.60. The van der Waals surface area contributed by atoms with Gasteiger partial charge in [-0.1, -0.05) is 74.5 Å². The quantitative estimate of drug-likeness (QED) is 0.409. The second kappa shape index (κ2) is 6.91. The van der Waals surface area contributed by atoms with Gasteiger partial charge in [-0.3, -0.25) is 0 Å². The van der Waals surface area contributed by atoms with Gasteiger partial charge in [0.05, 0.1) is 6.04 Å². The molecule has 0 saturated heterocycles. The normalized spacial score (nSPS) is 17.8. The molecule has 1 unspecified atom stereocenters. The van der Waals surface area contributed by atoms with Crippen LogP contribution in [0.3, 0.4) is 0 Å². The Morgan fingerprint density at radius 1 is 0.900 bits per heavy atom. The van der Waals surface area contributed by atoms with Gasteiger partial charge in [-0.25, -0.2) is 0 Å². The van der Waals surface area contributed by atoms with Crippen LogP contribution < -0.4 is 4.90 Å². The molecule has 0 saturated carbocycles. The van der Waals surface area contributed by atoms with Crippen molar-refractivity contribution in [3.63, 3.8) is 0 Å². The lowest BCUT2D eigenvalue weighted by Gasteiger charge is -2.31. The van der Waals surface area contributed by atoms with Crippen molar-refractivity contribution in [3.05, 3.63) is 90.0 Å². The summed E-state index contributed by atoms with van der Waals surface area (Å²) in [5, 5.41) is 14.6. The standard InChI is InChI=1S/C28H27NO/c1-4-29-25-15-13-20-7-5-6-8-24(20)27(25)28(2,3)26(29)16-10-19-9-11-22-18-23(30)14-12-21(22)17-19/h5-18,26,30H,4H2,1-3H3. The molecule has 2 heteroatoms. The van der Waals surface area contributed by atoms with E-state index in [-0.39, 0.29) is 5.41 Å². The predicted molar refractivity (Wildman–Crippen MR) is 128 cm³/mol. The first-order chi connectivity index (χ1) is 14.5. The van der Waals surface area contributed by atoms with Crippen LogP contribution in [0, 0.1) is 0 Å². The minimum atomic E-state index is 0.00530. The second-order valence-corrected chi connectivity index (χ2v) is 8.78. The van der Waals surface area contributed by atoms with E-state index < -0.39 is 0 Å². The number of anilines is 1. The zero-order valence-electron chi connectivity index (χ0n) is 17.8. The number of hydrogen-bond acceptors (Lipinski definition) is 2. The van der Waals surface area contributed by atoms with Crippen molar-refractivity contribution < 1.29 is 5.11 Å². The van der Waals surface area contributed by atoms with Gasteiger partial charge >= 0.3 is 0 Å². The van der Waals surface area contributed by atoms with E-state index in [0.29, 0.717) is 11.8 Å². The maximum absolute atomic E-state index is 9.70. The van der Waals surface area contributed by atoms with E-state index in [2.05, 4.69) is 92.4 Å². The molecule has 0 aliphatic carbocycles. The first kappa shape index (κ1) is 18.7. The molecule has 1 atom stereocenters. The van der Waals surface area contributed by atoms with Crippen LogP contribution in [-0.2, 0) is 5.41 Å². The van der Waals surface area contributed by atoms with E-state index in [0.717, 1.165) is 17.3 Å². The lowest BCUT2D eigenvalue weighted by atomic mass is 9.78. The van der Waals surface area contributed by atoms with E-state index >= 15 is 0 Å². The van der Waals surface area contributed by atoms with Crippen molar-refractivity contribution in [2.45, 2.75) is 32.2 Å². The number of nitrogens with zero attached hydrogens (tertiary/aromatic N) is 1. The Kier molecular flexibility index (Phi) is 4.32. The highest BCUT2D eigenvalue weighted by molar-refractivity contribution is 5.93. The zero-order valence-corrected chi connectivity index (χ0v) is 17.8. The maximum atomic E-state index is 9.70. The van der Waals surface area contributed by atoms with Crippen molar-refractivity contribution in [2.24, 2.45) is 0 Å². The number of aromatic hydroxyl groups is 1. The SMILES string of the molecule is CCN1c2ccc3ccccc3c2C(C)(C)C1C=Cc1ccc2cc(O)ccc2c1. The Labute approximate surface area is 178 Å². The van der Waals surface area contributed by atoms with Crippen molar-refractivity contribution in [1.29, 1.82) is 0 Å². The van der Waals surface area contributed by atoms with E-state index in [1.165, 1.54) is 27.6 Å². The van der Waals surface area contributed by atoms with Gasteiger partial charge in [0.2, 0.25) is 0 Å². The van der Waals surface area contributed by atoms with Crippen LogP contribution in [0.2, 0.25) is 0 Å². The smallest absolute Gasteiger partial charge is 0.116 e. The summed E-state index contributed by atoms with van der Waals surface area (Å²) in [5.41, 5.74) is 3.99. The van der Waals surface area contributed by atoms with E-state index in [1.54, 1.807) is 6.07 Å². The largest absolute Gasteiger partial charge is 0.508 e. The van der Waals surface area contributed by atoms with E-state index in [9.17, 15) is 5.11 Å². The van der Waals surface area contributed by atoms with Crippen LogP contribution in [0.15, 0.2) is 78.9 Å². The van der Waals surface area contributed by atoms with Crippen LogP contribution in [0.25, 0.3) is 27.6 Å². The number of hydrogen-bond donors (Lipinski definition) is 1. The summed E-state index contributed by atoms with van der Waals surface area (Å²) in [7, 11) is 0. The average molecular weight is 394 g/mol. The van der Waals surface area contributed by atoms with Gasteiger partial charge in [0.1, 0.15) is 5.75 Å². The van der Waals surface area contributed by atoms with Gasteiger partial charge in [-0.2, -0.15) is 0 Å².